The van der Waals surface area contributed by atoms with E-state index in [0.29, 0.717) is 6.04 Å². The van der Waals surface area contributed by atoms with Gasteiger partial charge in [-0.15, -0.1) is 0 Å². The van der Waals surface area contributed by atoms with Crippen LogP contribution in [0.1, 0.15) is 32.0 Å². The number of halogens is 1. The van der Waals surface area contributed by atoms with Crippen molar-refractivity contribution in [3.05, 3.63) is 28.5 Å². The smallest absolute Gasteiger partial charge is 0.111 e. The fourth-order valence-corrected chi connectivity index (χ4v) is 3.28. The Labute approximate surface area is 122 Å². The zero-order valence-corrected chi connectivity index (χ0v) is 12.9. The van der Waals surface area contributed by atoms with Crippen LogP contribution in [0.15, 0.2) is 22.7 Å². The van der Waals surface area contributed by atoms with E-state index in [9.17, 15) is 0 Å². The number of hydrogen-bond acceptors (Lipinski definition) is 2. The second-order valence-corrected chi connectivity index (χ2v) is 6.23. The van der Waals surface area contributed by atoms with Gasteiger partial charge in [0.05, 0.1) is 11.0 Å². The quantitative estimate of drug-likeness (QED) is 0.934. The molecule has 0 spiro atoms. The Morgan fingerprint density at radius 3 is 3.11 bits per heavy atom. The molecule has 0 radical (unpaired) electrons. The Morgan fingerprint density at radius 2 is 2.37 bits per heavy atom. The summed E-state index contributed by atoms with van der Waals surface area (Å²) < 4.78 is 3.49. The Kier molecular flexibility index (Phi) is 3.89. The lowest BCUT2D eigenvalue weighted by atomic mass is 10.1. The summed E-state index contributed by atoms with van der Waals surface area (Å²) in [6.45, 7) is 4.44. The van der Waals surface area contributed by atoms with Gasteiger partial charge in [0.25, 0.3) is 0 Å². The van der Waals surface area contributed by atoms with Gasteiger partial charge in [-0.2, -0.15) is 0 Å². The van der Waals surface area contributed by atoms with Crippen LogP contribution < -0.4 is 5.32 Å². The molecular weight excluding hydrogens is 302 g/mol. The Morgan fingerprint density at radius 1 is 1.47 bits per heavy atom. The fraction of sp³-hybridized carbons (Fsp3) is 0.533. The van der Waals surface area contributed by atoms with Crippen molar-refractivity contribution in [3.63, 3.8) is 0 Å². The molecule has 1 aliphatic heterocycles. The number of hydrogen-bond donors (Lipinski definition) is 1. The lowest BCUT2D eigenvalue weighted by molar-refractivity contribution is 0.556. The summed E-state index contributed by atoms with van der Waals surface area (Å²) >= 11 is 3.53. The standard InChI is InChI=1S/C15H20BrN3/c1-2-8-19-14-6-5-11(16)9-13(14)18-15(19)10-12-4-3-7-17-12/h5-6,9,12,17H,2-4,7-8,10H2,1H3/t12-/m0/s1. The molecule has 0 saturated carbocycles. The third-order valence-corrected chi connectivity index (χ3v) is 4.32. The highest BCUT2D eigenvalue weighted by Crippen LogP contribution is 2.23. The van der Waals surface area contributed by atoms with Crippen molar-refractivity contribution in [1.82, 2.24) is 14.9 Å². The van der Waals surface area contributed by atoms with Crippen LogP contribution in [0.4, 0.5) is 0 Å². The van der Waals surface area contributed by atoms with E-state index in [0.717, 1.165) is 35.9 Å². The summed E-state index contributed by atoms with van der Waals surface area (Å²) in [5.41, 5.74) is 2.37. The molecule has 2 heterocycles. The molecule has 0 unspecified atom stereocenters. The molecule has 3 rings (SSSR count). The lowest BCUT2D eigenvalue weighted by Crippen LogP contribution is -2.25. The van der Waals surface area contributed by atoms with Gasteiger partial charge in [0.2, 0.25) is 0 Å². The van der Waals surface area contributed by atoms with E-state index in [1.165, 1.54) is 24.2 Å². The zero-order chi connectivity index (χ0) is 13.2. The normalized spacial score (nSPS) is 19.4. The highest BCUT2D eigenvalue weighted by molar-refractivity contribution is 9.10. The average Bonchev–Trinajstić information content (AvgIpc) is 2.99. The molecule has 1 aromatic carbocycles. The van der Waals surface area contributed by atoms with Crippen molar-refractivity contribution in [2.45, 2.75) is 45.2 Å². The Hall–Kier alpha value is -0.870. The van der Waals surface area contributed by atoms with Gasteiger partial charge in [0.15, 0.2) is 0 Å². The highest BCUT2D eigenvalue weighted by atomic mass is 79.9. The molecule has 1 N–H and O–H groups in total. The van der Waals surface area contributed by atoms with Crippen LogP contribution in [0.5, 0.6) is 0 Å². The first-order valence-electron chi connectivity index (χ1n) is 7.16. The molecule has 0 aliphatic carbocycles. The Bertz CT molecular complexity index is 570. The lowest BCUT2D eigenvalue weighted by Gasteiger charge is -2.12. The average molecular weight is 322 g/mol. The molecule has 19 heavy (non-hydrogen) atoms. The summed E-state index contributed by atoms with van der Waals surface area (Å²) in [5.74, 6) is 1.23. The van der Waals surface area contributed by atoms with Crippen LogP contribution in [-0.2, 0) is 13.0 Å². The summed E-state index contributed by atoms with van der Waals surface area (Å²) in [4.78, 5) is 4.85. The van der Waals surface area contributed by atoms with Crippen molar-refractivity contribution < 1.29 is 0 Å². The summed E-state index contributed by atoms with van der Waals surface area (Å²) in [7, 11) is 0. The minimum Gasteiger partial charge on any atom is -0.328 e. The van der Waals surface area contributed by atoms with Gasteiger partial charge in [0, 0.05) is 23.5 Å². The summed E-state index contributed by atoms with van der Waals surface area (Å²) in [5, 5.41) is 3.57. The molecule has 1 atom stereocenters. The monoisotopic (exact) mass is 321 g/mol. The van der Waals surface area contributed by atoms with Gasteiger partial charge < -0.3 is 9.88 Å². The van der Waals surface area contributed by atoms with Gasteiger partial charge in [-0.05, 0) is 44.0 Å². The number of benzene rings is 1. The van der Waals surface area contributed by atoms with Crippen LogP contribution in [0.2, 0.25) is 0 Å². The van der Waals surface area contributed by atoms with Crippen molar-refractivity contribution in [1.29, 1.82) is 0 Å². The van der Waals surface area contributed by atoms with Gasteiger partial charge in [-0.3, -0.25) is 0 Å². The molecule has 0 bridgehead atoms. The number of fused-ring (bicyclic) bond motifs is 1. The molecule has 1 fully saturated rings. The van der Waals surface area contributed by atoms with E-state index in [1.807, 2.05) is 0 Å². The first-order valence-corrected chi connectivity index (χ1v) is 7.95. The first-order chi connectivity index (χ1) is 9.28. The van der Waals surface area contributed by atoms with Crippen molar-refractivity contribution in [3.8, 4) is 0 Å². The van der Waals surface area contributed by atoms with Gasteiger partial charge in [0.1, 0.15) is 5.82 Å². The van der Waals surface area contributed by atoms with Crippen LogP contribution in [-0.4, -0.2) is 22.1 Å². The molecule has 4 heteroatoms. The van der Waals surface area contributed by atoms with E-state index in [1.54, 1.807) is 0 Å². The van der Waals surface area contributed by atoms with E-state index >= 15 is 0 Å². The highest BCUT2D eigenvalue weighted by Gasteiger charge is 2.18. The molecule has 102 valence electrons. The van der Waals surface area contributed by atoms with Crippen molar-refractivity contribution >= 4 is 27.0 Å². The van der Waals surface area contributed by atoms with Gasteiger partial charge in [-0.1, -0.05) is 22.9 Å². The Balaban J connectivity index is 1.98. The molecular formula is C15H20BrN3. The molecule has 1 aromatic heterocycles. The van der Waals surface area contributed by atoms with Crippen LogP contribution in [0, 0.1) is 0 Å². The maximum Gasteiger partial charge on any atom is 0.111 e. The minimum absolute atomic E-state index is 0.607. The third-order valence-electron chi connectivity index (χ3n) is 3.83. The predicted molar refractivity (Wildman–Crippen MR) is 82.5 cm³/mol. The molecule has 3 nitrogen and oxygen atoms in total. The number of nitrogens with zero attached hydrogens (tertiary/aromatic N) is 2. The topological polar surface area (TPSA) is 29.9 Å². The van der Waals surface area contributed by atoms with Crippen LogP contribution in [0.3, 0.4) is 0 Å². The number of nitrogens with one attached hydrogen (secondary N) is 1. The maximum atomic E-state index is 4.85. The largest absolute Gasteiger partial charge is 0.328 e. The van der Waals surface area contributed by atoms with Crippen LogP contribution >= 0.6 is 15.9 Å². The molecule has 1 saturated heterocycles. The summed E-state index contributed by atoms with van der Waals surface area (Å²) in [6, 6.07) is 7.00. The van der Waals surface area contributed by atoms with E-state index in [-0.39, 0.29) is 0 Å². The third kappa shape index (κ3) is 2.70. The number of rotatable bonds is 4. The predicted octanol–water partition coefficient (Wildman–Crippen LogP) is 3.50. The second-order valence-electron chi connectivity index (χ2n) is 5.31. The van der Waals surface area contributed by atoms with Crippen LogP contribution in [0.25, 0.3) is 11.0 Å². The maximum absolute atomic E-state index is 4.85. The molecule has 1 aliphatic rings. The first kappa shape index (κ1) is 13.1. The van der Waals surface area contributed by atoms with E-state index in [4.69, 9.17) is 4.98 Å². The zero-order valence-electron chi connectivity index (χ0n) is 11.3. The molecule has 0 amide bonds. The summed E-state index contributed by atoms with van der Waals surface area (Å²) in [6.07, 6.45) is 4.77. The van der Waals surface area contributed by atoms with E-state index < -0.39 is 0 Å². The van der Waals surface area contributed by atoms with Crippen molar-refractivity contribution in [2.75, 3.05) is 6.54 Å². The number of imidazole rings is 1. The van der Waals surface area contributed by atoms with Gasteiger partial charge in [-0.25, -0.2) is 4.98 Å². The SMILES string of the molecule is CCCn1c(C[C@@H]2CCCN2)nc2cc(Br)ccc21. The van der Waals surface area contributed by atoms with E-state index in [2.05, 4.69) is 50.9 Å². The second kappa shape index (κ2) is 5.63. The molecule has 2 aromatic rings. The van der Waals surface area contributed by atoms with Crippen molar-refractivity contribution in [2.24, 2.45) is 0 Å². The fourth-order valence-electron chi connectivity index (χ4n) is 2.93. The van der Waals surface area contributed by atoms with Gasteiger partial charge >= 0.3 is 0 Å². The minimum atomic E-state index is 0.607. The number of aryl methyl sites for hydroxylation is 1. The number of aromatic nitrogens is 2.